The van der Waals surface area contributed by atoms with Crippen LogP contribution in [0.4, 0.5) is 17.8 Å². The van der Waals surface area contributed by atoms with Crippen molar-refractivity contribution in [2.24, 2.45) is 0 Å². The first-order valence-corrected chi connectivity index (χ1v) is 7.11. The fourth-order valence-electron chi connectivity index (χ4n) is 1.91. The van der Waals surface area contributed by atoms with Gasteiger partial charge in [-0.1, -0.05) is 6.92 Å². The van der Waals surface area contributed by atoms with Gasteiger partial charge in [0.1, 0.15) is 0 Å². The molecule has 1 fully saturated rings. The molecule has 0 amide bonds. The molecule has 1 aromatic rings. The van der Waals surface area contributed by atoms with Gasteiger partial charge in [0.05, 0.1) is 0 Å². The summed E-state index contributed by atoms with van der Waals surface area (Å²) in [7, 11) is 3.80. The molecule has 0 saturated carbocycles. The summed E-state index contributed by atoms with van der Waals surface area (Å²) >= 11 is 1.98. The Morgan fingerprint density at radius 2 is 2.00 bits per heavy atom. The lowest BCUT2D eigenvalue weighted by Crippen LogP contribution is -2.45. The number of nitrogens with two attached hydrogens (primary N) is 1. The highest BCUT2D eigenvalue weighted by Gasteiger charge is 2.27. The van der Waals surface area contributed by atoms with Crippen LogP contribution in [-0.4, -0.2) is 52.6 Å². The lowest BCUT2D eigenvalue weighted by molar-refractivity contribution is 0.611. The van der Waals surface area contributed by atoms with E-state index in [-0.39, 0.29) is 5.95 Å². The van der Waals surface area contributed by atoms with E-state index in [2.05, 4.69) is 33.7 Å². The monoisotopic (exact) mass is 268 g/mol. The number of nitrogens with zero attached hydrogens (tertiary/aromatic N) is 5. The number of hydrogen-bond donors (Lipinski definition) is 1. The van der Waals surface area contributed by atoms with Crippen LogP contribution in [-0.2, 0) is 0 Å². The van der Waals surface area contributed by atoms with Crippen molar-refractivity contribution in [2.75, 3.05) is 41.9 Å². The topological polar surface area (TPSA) is 71.2 Å². The Kier molecular flexibility index (Phi) is 3.79. The van der Waals surface area contributed by atoms with Crippen LogP contribution in [0.1, 0.15) is 13.8 Å². The first-order valence-electron chi connectivity index (χ1n) is 6.06. The first kappa shape index (κ1) is 13.2. The van der Waals surface area contributed by atoms with Gasteiger partial charge >= 0.3 is 0 Å². The minimum absolute atomic E-state index is 0.279. The second-order valence-corrected chi connectivity index (χ2v) is 6.18. The molecule has 2 unspecified atom stereocenters. The molecule has 1 saturated heterocycles. The molecule has 0 aliphatic carbocycles. The molecule has 7 heteroatoms. The minimum Gasteiger partial charge on any atom is -0.368 e. The van der Waals surface area contributed by atoms with Crippen LogP contribution >= 0.6 is 11.8 Å². The van der Waals surface area contributed by atoms with Crippen LogP contribution in [0.2, 0.25) is 0 Å². The molecule has 0 bridgehead atoms. The van der Waals surface area contributed by atoms with E-state index in [1.807, 2.05) is 30.8 Å². The van der Waals surface area contributed by atoms with Crippen LogP contribution < -0.4 is 15.5 Å². The van der Waals surface area contributed by atoms with E-state index < -0.39 is 0 Å². The molecule has 0 aromatic carbocycles. The van der Waals surface area contributed by atoms with Gasteiger partial charge in [0.2, 0.25) is 17.8 Å². The van der Waals surface area contributed by atoms with Crippen molar-refractivity contribution in [3.63, 3.8) is 0 Å². The van der Waals surface area contributed by atoms with Crippen molar-refractivity contribution in [3.8, 4) is 0 Å². The van der Waals surface area contributed by atoms with Gasteiger partial charge < -0.3 is 15.5 Å². The van der Waals surface area contributed by atoms with Crippen molar-refractivity contribution in [2.45, 2.75) is 25.1 Å². The number of anilines is 3. The van der Waals surface area contributed by atoms with E-state index in [1.165, 1.54) is 0 Å². The second kappa shape index (κ2) is 5.17. The standard InChI is InChI=1S/C11H20N6S/c1-7-8(2)18-6-5-17(7)11-14-9(12)13-10(15-11)16(3)4/h7-8H,5-6H2,1-4H3,(H2,12,13,14,15). The first-order chi connectivity index (χ1) is 8.49. The number of nitrogen functional groups attached to an aromatic ring is 1. The van der Waals surface area contributed by atoms with E-state index in [1.54, 1.807) is 0 Å². The van der Waals surface area contributed by atoms with Gasteiger partial charge in [-0.3, -0.25) is 0 Å². The highest BCUT2D eigenvalue weighted by atomic mass is 32.2. The van der Waals surface area contributed by atoms with Crippen LogP contribution in [0.3, 0.4) is 0 Å². The largest absolute Gasteiger partial charge is 0.368 e. The molecular weight excluding hydrogens is 248 g/mol. The summed E-state index contributed by atoms with van der Waals surface area (Å²) in [6, 6.07) is 0.403. The van der Waals surface area contributed by atoms with Gasteiger partial charge in [-0.2, -0.15) is 26.7 Å². The Balaban J connectivity index is 2.32. The third kappa shape index (κ3) is 2.60. The zero-order valence-electron chi connectivity index (χ0n) is 11.3. The van der Waals surface area contributed by atoms with Crippen molar-refractivity contribution >= 4 is 29.6 Å². The van der Waals surface area contributed by atoms with Crippen molar-refractivity contribution in [1.82, 2.24) is 15.0 Å². The summed E-state index contributed by atoms with van der Waals surface area (Å²) in [5, 5.41) is 0.569. The molecule has 100 valence electrons. The summed E-state index contributed by atoms with van der Waals surface area (Å²) in [5.41, 5.74) is 5.76. The van der Waals surface area contributed by atoms with E-state index in [9.17, 15) is 0 Å². The summed E-state index contributed by atoms with van der Waals surface area (Å²) in [5.74, 6) is 2.66. The van der Waals surface area contributed by atoms with Gasteiger partial charge in [-0.25, -0.2) is 0 Å². The summed E-state index contributed by atoms with van der Waals surface area (Å²) in [6.45, 7) is 5.39. The van der Waals surface area contributed by atoms with Gasteiger partial charge in [-0.05, 0) is 6.92 Å². The predicted molar refractivity (Wildman–Crippen MR) is 77.3 cm³/mol. The third-order valence-corrected chi connectivity index (χ3v) is 4.51. The Morgan fingerprint density at radius 3 is 2.67 bits per heavy atom. The fraction of sp³-hybridized carbons (Fsp3) is 0.727. The minimum atomic E-state index is 0.279. The molecule has 1 aliphatic heterocycles. The van der Waals surface area contributed by atoms with Crippen LogP contribution in [0.15, 0.2) is 0 Å². The lowest BCUT2D eigenvalue weighted by atomic mass is 10.2. The molecule has 0 radical (unpaired) electrons. The Bertz CT molecular complexity index is 424. The summed E-state index contributed by atoms with van der Waals surface area (Å²) in [4.78, 5) is 16.9. The van der Waals surface area contributed by atoms with E-state index >= 15 is 0 Å². The van der Waals surface area contributed by atoms with Gasteiger partial charge in [-0.15, -0.1) is 0 Å². The fourth-order valence-corrected chi connectivity index (χ4v) is 3.01. The lowest BCUT2D eigenvalue weighted by Gasteiger charge is -2.37. The van der Waals surface area contributed by atoms with Crippen LogP contribution in [0.5, 0.6) is 0 Å². The average molecular weight is 268 g/mol. The SMILES string of the molecule is CC1SCCN(c2nc(N)nc(N(C)C)n2)C1C. The normalized spacial score (nSPS) is 24.1. The van der Waals surface area contributed by atoms with Crippen molar-refractivity contribution < 1.29 is 0 Å². The molecule has 1 aliphatic rings. The molecule has 0 spiro atoms. The van der Waals surface area contributed by atoms with E-state index in [4.69, 9.17) is 5.73 Å². The molecule has 1 aromatic heterocycles. The van der Waals surface area contributed by atoms with Crippen LogP contribution in [0, 0.1) is 0 Å². The van der Waals surface area contributed by atoms with Gasteiger partial charge in [0, 0.05) is 37.7 Å². The molecule has 2 rings (SSSR count). The smallest absolute Gasteiger partial charge is 0.232 e. The molecular formula is C11H20N6S. The summed E-state index contributed by atoms with van der Waals surface area (Å²) in [6.07, 6.45) is 0. The predicted octanol–water partition coefficient (Wildman–Crippen LogP) is 0.850. The Labute approximate surface area is 112 Å². The molecule has 18 heavy (non-hydrogen) atoms. The molecule has 2 heterocycles. The highest BCUT2D eigenvalue weighted by Crippen LogP contribution is 2.27. The number of hydrogen-bond acceptors (Lipinski definition) is 7. The van der Waals surface area contributed by atoms with E-state index in [0.717, 1.165) is 12.3 Å². The molecule has 2 N–H and O–H groups in total. The molecule has 2 atom stereocenters. The zero-order valence-corrected chi connectivity index (χ0v) is 12.1. The van der Waals surface area contributed by atoms with Crippen molar-refractivity contribution in [1.29, 1.82) is 0 Å². The van der Waals surface area contributed by atoms with Crippen LogP contribution in [0.25, 0.3) is 0 Å². The maximum absolute atomic E-state index is 5.76. The second-order valence-electron chi connectivity index (χ2n) is 4.70. The number of rotatable bonds is 2. The van der Waals surface area contributed by atoms with Gasteiger partial charge in [0.15, 0.2) is 0 Å². The quantitative estimate of drug-likeness (QED) is 0.852. The average Bonchev–Trinajstić information content (AvgIpc) is 2.31. The number of thioether (sulfide) groups is 1. The van der Waals surface area contributed by atoms with Crippen molar-refractivity contribution in [3.05, 3.63) is 0 Å². The maximum atomic E-state index is 5.76. The zero-order chi connectivity index (χ0) is 13.3. The number of aromatic nitrogens is 3. The third-order valence-electron chi connectivity index (χ3n) is 3.17. The molecule has 6 nitrogen and oxygen atoms in total. The highest BCUT2D eigenvalue weighted by molar-refractivity contribution is 8.00. The summed E-state index contributed by atoms with van der Waals surface area (Å²) < 4.78 is 0. The maximum Gasteiger partial charge on any atom is 0.232 e. The van der Waals surface area contributed by atoms with Gasteiger partial charge in [0.25, 0.3) is 0 Å². The Hall–Kier alpha value is -1.24. The Morgan fingerprint density at radius 1 is 1.28 bits per heavy atom. The van der Waals surface area contributed by atoms with E-state index in [0.29, 0.717) is 23.2 Å².